The largest absolute Gasteiger partial charge is 0.449 e. The normalized spacial score (nSPS) is 12.4. The third kappa shape index (κ3) is 3.83. The number of aromatic nitrogens is 2. The lowest BCUT2D eigenvalue weighted by atomic mass is 10.0. The fourth-order valence-electron chi connectivity index (χ4n) is 2.41. The van der Waals surface area contributed by atoms with Gasteiger partial charge in [-0.25, -0.2) is 27.3 Å². The van der Waals surface area contributed by atoms with Gasteiger partial charge >= 0.3 is 6.18 Å². The van der Waals surface area contributed by atoms with E-state index in [1.807, 2.05) is 4.98 Å². The molecule has 0 spiro atoms. The number of benzene rings is 2. The van der Waals surface area contributed by atoms with Gasteiger partial charge in [0.1, 0.15) is 11.6 Å². The number of nitrogens with zero attached hydrogens (tertiary/aromatic N) is 1. The van der Waals surface area contributed by atoms with Crippen LogP contribution >= 0.6 is 0 Å². The highest BCUT2D eigenvalue weighted by molar-refractivity contribution is 7.89. The molecule has 0 saturated carbocycles. The first-order chi connectivity index (χ1) is 12.5. The average molecular weight is 403 g/mol. The molecule has 0 saturated heterocycles. The van der Waals surface area contributed by atoms with Crippen LogP contribution in [0.5, 0.6) is 0 Å². The number of alkyl halides is 3. The molecule has 0 unspecified atom stereocenters. The van der Waals surface area contributed by atoms with Crippen LogP contribution in [0.15, 0.2) is 47.4 Å². The summed E-state index contributed by atoms with van der Waals surface area (Å²) in [6, 6.07) is 6.91. The van der Waals surface area contributed by atoms with E-state index in [-0.39, 0.29) is 27.4 Å². The molecule has 5 nitrogen and oxygen atoms in total. The van der Waals surface area contributed by atoms with Crippen LogP contribution in [0.3, 0.4) is 0 Å². The topological polar surface area (TPSA) is 88.8 Å². The number of nitrogens with two attached hydrogens (primary N) is 1. The van der Waals surface area contributed by atoms with Crippen molar-refractivity contribution >= 4 is 10.0 Å². The van der Waals surface area contributed by atoms with E-state index in [9.17, 15) is 30.4 Å². The number of H-pyrrole nitrogens is 1. The monoisotopic (exact) mass is 403 g/mol. The first-order valence-corrected chi connectivity index (χ1v) is 8.77. The van der Waals surface area contributed by atoms with Gasteiger partial charge < -0.3 is 4.98 Å². The number of hydrogen-bond acceptors (Lipinski definition) is 3. The van der Waals surface area contributed by atoms with Gasteiger partial charge in [-0.1, -0.05) is 12.1 Å². The Morgan fingerprint density at radius 3 is 2.15 bits per heavy atom. The van der Waals surface area contributed by atoms with Gasteiger partial charge in [0, 0.05) is 17.2 Å². The second kappa shape index (κ2) is 6.43. The lowest BCUT2D eigenvalue weighted by molar-refractivity contribution is -0.144. The molecule has 0 radical (unpaired) electrons. The minimum Gasteiger partial charge on any atom is -0.334 e. The highest BCUT2D eigenvalue weighted by atomic mass is 32.2. The Balaban J connectivity index is 2.21. The van der Waals surface area contributed by atoms with Crippen molar-refractivity contribution in [3.8, 4) is 22.5 Å². The molecule has 2 aromatic carbocycles. The maximum absolute atomic E-state index is 14.1. The standard InChI is InChI=1S/C16H10F5N3O2S/c17-9-3-6-11(12(18)7-9)14-13(23-15(24-14)16(19,20)21)8-1-4-10(5-2-8)27(22,25)26/h1-7H,(H,23,24)(H2,22,25,26). The number of aromatic amines is 1. The van der Waals surface area contributed by atoms with Gasteiger partial charge in [-0.2, -0.15) is 13.2 Å². The maximum atomic E-state index is 14.1. The number of sulfonamides is 1. The molecule has 0 fully saturated rings. The Labute approximate surface area is 149 Å². The SMILES string of the molecule is NS(=O)(=O)c1ccc(-c2nc(C(F)(F)F)[nH]c2-c2ccc(F)cc2F)cc1. The van der Waals surface area contributed by atoms with E-state index in [0.29, 0.717) is 6.07 Å². The molecule has 3 N–H and O–H groups in total. The Morgan fingerprint density at radius 1 is 1.00 bits per heavy atom. The fourth-order valence-corrected chi connectivity index (χ4v) is 2.92. The lowest BCUT2D eigenvalue weighted by Crippen LogP contribution is -2.11. The summed E-state index contributed by atoms with van der Waals surface area (Å²) in [4.78, 5) is 5.20. The quantitative estimate of drug-likeness (QED) is 0.654. The Hall–Kier alpha value is -2.79. The van der Waals surface area contributed by atoms with Gasteiger partial charge in [-0.15, -0.1) is 0 Å². The summed E-state index contributed by atoms with van der Waals surface area (Å²) in [5.41, 5.74) is -0.866. The van der Waals surface area contributed by atoms with Gasteiger partial charge in [0.05, 0.1) is 16.3 Å². The zero-order valence-electron chi connectivity index (χ0n) is 13.2. The zero-order chi connectivity index (χ0) is 20.0. The molecule has 0 amide bonds. The Morgan fingerprint density at radius 2 is 1.63 bits per heavy atom. The van der Waals surface area contributed by atoms with Crippen molar-refractivity contribution in [3.63, 3.8) is 0 Å². The van der Waals surface area contributed by atoms with Crippen molar-refractivity contribution in [3.05, 3.63) is 59.9 Å². The van der Waals surface area contributed by atoms with Gasteiger partial charge in [0.25, 0.3) is 0 Å². The number of rotatable bonds is 3. The predicted molar refractivity (Wildman–Crippen MR) is 85.8 cm³/mol. The van der Waals surface area contributed by atoms with E-state index in [2.05, 4.69) is 4.98 Å². The summed E-state index contributed by atoms with van der Waals surface area (Å²) in [6.07, 6.45) is -4.84. The molecule has 0 aliphatic heterocycles. The van der Waals surface area contributed by atoms with Gasteiger partial charge in [0.2, 0.25) is 15.8 Å². The van der Waals surface area contributed by atoms with Crippen LogP contribution in [0.1, 0.15) is 5.82 Å². The van der Waals surface area contributed by atoms with Crippen molar-refractivity contribution in [2.75, 3.05) is 0 Å². The first kappa shape index (κ1) is 19.0. The smallest absolute Gasteiger partial charge is 0.334 e. The van der Waals surface area contributed by atoms with Gasteiger partial charge in [0.15, 0.2) is 0 Å². The van der Waals surface area contributed by atoms with Gasteiger partial charge in [-0.05, 0) is 24.3 Å². The summed E-state index contributed by atoms with van der Waals surface area (Å²) in [7, 11) is -4.00. The number of imidazole rings is 1. The highest BCUT2D eigenvalue weighted by Crippen LogP contribution is 2.36. The molecule has 1 aromatic heterocycles. The number of nitrogens with one attached hydrogen (secondary N) is 1. The molecular weight excluding hydrogens is 393 g/mol. The van der Waals surface area contributed by atoms with E-state index in [1.54, 1.807) is 0 Å². The summed E-state index contributed by atoms with van der Waals surface area (Å²) in [5.74, 6) is -3.37. The molecule has 0 bridgehead atoms. The number of primary sulfonamides is 1. The lowest BCUT2D eigenvalue weighted by Gasteiger charge is -2.06. The van der Waals surface area contributed by atoms with E-state index < -0.39 is 33.7 Å². The minimum atomic E-state index is -4.84. The van der Waals surface area contributed by atoms with Crippen molar-refractivity contribution in [1.29, 1.82) is 0 Å². The average Bonchev–Trinajstić information content (AvgIpc) is 2.99. The van der Waals surface area contributed by atoms with Crippen molar-refractivity contribution in [2.24, 2.45) is 5.14 Å². The van der Waals surface area contributed by atoms with Crippen LogP contribution in [-0.2, 0) is 16.2 Å². The summed E-state index contributed by atoms with van der Waals surface area (Å²) in [5, 5.41) is 4.98. The number of halogens is 5. The van der Waals surface area contributed by atoms with Crippen LogP contribution in [0.2, 0.25) is 0 Å². The second-order valence-corrected chi connectivity index (χ2v) is 7.06. The molecular formula is C16H10F5N3O2S. The third-order valence-electron chi connectivity index (χ3n) is 3.63. The van der Waals surface area contributed by atoms with E-state index in [0.717, 1.165) is 24.3 Å². The Bertz CT molecular complexity index is 1110. The zero-order valence-corrected chi connectivity index (χ0v) is 14.0. The van der Waals surface area contributed by atoms with Crippen LogP contribution < -0.4 is 5.14 Å². The van der Waals surface area contributed by atoms with Crippen LogP contribution in [0.25, 0.3) is 22.5 Å². The van der Waals surface area contributed by atoms with Crippen molar-refractivity contribution in [1.82, 2.24) is 9.97 Å². The molecule has 3 rings (SSSR count). The predicted octanol–water partition coefficient (Wildman–Crippen LogP) is 3.69. The third-order valence-corrected chi connectivity index (χ3v) is 4.56. The van der Waals surface area contributed by atoms with Crippen molar-refractivity contribution < 1.29 is 30.4 Å². The van der Waals surface area contributed by atoms with Crippen LogP contribution in [-0.4, -0.2) is 18.4 Å². The fraction of sp³-hybridized carbons (Fsp3) is 0.0625. The molecule has 3 aromatic rings. The molecule has 27 heavy (non-hydrogen) atoms. The molecule has 0 aliphatic carbocycles. The minimum absolute atomic E-state index is 0.0767. The first-order valence-electron chi connectivity index (χ1n) is 7.22. The summed E-state index contributed by atoms with van der Waals surface area (Å²) < 4.78 is 89.0. The number of hydrogen-bond donors (Lipinski definition) is 2. The highest BCUT2D eigenvalue weighted by Gasteiger charge is 2.36. The summed E-state index contributed by atoms with van der Waals surface area (Å²) in [6.45, 7) is 0. The molecule has 1 heterocycles. The van der Waals surface area contributed by atoms with E-state index in [4.69, 9.17) is 5.14 Å². The van der Waals surface area contributed by atoms with Crippen LogP contribution in [0, 0.1) is 11.6 Å². The van der Waals surface area contributed by atoms with E-state index >= 15 is 0 Å². The maximum Gasteiger partial charge on any atom is 0.449 e. The molecule has 0 atom stereocenters. The Kier molecular flexibility index (Phi) is 4.52. The van der Waals surface area contributed by atoms with Crippen molar-refractivity contribution in [2.45, 2.75) is 11.1 Å². The molecule has 142 valence electrons. The van der Waals surface area contributed by atoms with Gasteiger partial charge in [-0.3, -0.25) is 0 Å². The summed E-state index contributed by atoms with van der Waals surface area (Å²) >= 11 is 0. The van der Waals surface area contributed by atoms with Crippen LogP contribution in [0.4, 0.5) is 22.0 Å². The van der Waals surface area contributed by atoms with E-state index in [1.165, 1.54) is 12.1 Å². The molecule has 0 aliphatic rings. The second-order valence-electron chi connectivity index (χ2n) is 5.50. The molecule has 11 heteroatoms.